The Hall–Kier alpha value is -1.81. The summed E-state index contributed by atoms with van der Waals surface area (Å²) >= 11 is 5.89. The van der Waals surface area contributed by atoms with E-state index < -0.39 is 0 Å². The first kappa shape index (κ1) is 12.6. The monoisotopic (exact) mass is 265 g/mol. The summed E-state index contributed by atoms with van der Waals surface area (Å²) in [6, 6.07) is 9.52. The molecule has 3 nitrogen and oxygen atoms in total. The number of hydrogen-bond acceptors (Lipinski definition) is 3. The highest BCUT2D eigenvalue weighted by atomic mass is 35.5. The molecule has 0 atom stereocenters. The number of pyridine rings is 1. The Morgan fingerprint density at radius 2 is 1.94 bits per heavy atom. The summed E-state index contributed by atoms with van der Waals surface area (Å²) in [7, 11) is 0. The third kappa shape index (κ3) is 2.71. The summed E-state index contributed by atoms with van der Waals surface area (Å²) in [5.74, 6) is 0.377. The van der Waals surface area contributed by atoms with Gasteiger partial charge in [-0.05, 0) is 37.3 Å². The van der Waals surface area contributed by atoms with E-state index in [0.717, 1.165) is 5.69 Å². The Morgan fingerprint density at radius 3 is 2.50 bits per heavy atom. The summed E-state index contributed by atoms with van der Waals surface area (Å²) in [5, 5.41) is 0.338. The Bertz CT molecular complexity index is 522. The van der Waals surface area contributed by atoms with Gasteiger partial charge in [0, 0.05) is 24.0 Å². The van der Waals surface area contributed by atoms with Crippen molar-refractivity contribution in [1.82, 2.24) is 4.98 Å². The molecule has 1 aromatic carbocycles. The molecule has 18 heavy (non-hydrogen) atoms. The highest BCUT2D eigenvalue weighted by Gasteiger charge is 2.10. The van der Waals surface area contributed by atoms with Crippen molar-refractivity contribution >= 4 is 28.8 Å². The van der Waals surface area contributed by atoms with Crippen LogP contribution in [0.4, 0.5) is 21.6 Å². The fourth-order valence-corrected chi connectivity index (χ4v) is 1.95. The number of aromatic nitrogens is 1. The van der Waals surface area contributed by atoms with Crippen LogP contribution < -0.4 is 10.6 Å². The topological polar surface area (TPSA) is 42.1 Å². The van der Waals surface area contributed by atoms with Crippen molar-refractivity contribution in [2.75, 3.05) is 17.2 Å². The van der Waals surface area contributed by atoms with Crippen molar-refractivity contribution < 1.29 is 4.39 Å². The standard InChI is InChI=1S/C13H13ClFN3/c1-2-18(11-5-3-9(15)4-6-11)13-8-10(16)7-12(14)17-13/h3-8H,2H2,1H3,(H2,16,17). The fraction of sp³-hybridized carbons (Fsp3) is 0.154. The number of nitrogen functional groups attached to an aromatic ring is 1. The second-order valence-electron chi connectivity index (χ2n) is 3.80. The number of halogens is 2. The number of nitrogens with zero attached hydrogens (tertiary/aromatic N) is 2. The molecule has 0 amide bonds. The molecule has 0 spiro atoms. The van der Waals surface area contributed by atoms with Crippen LogP contribution in [-0.4, -0.2) is 11.5 Å². The highest BCUT2D eigenvalue weighted by molar-refractivity contribution is 6.29. The molecule has 2 aromatic rings. The molecule has 2 N–H and O–H groups in total. The lowest BCUT2D eigenvalue weighted by molar-refractivity contribution is 0.628. The van der Waals surface area contributed by atoms with Gasteiger partial charge in [-0.25, -0.2) is 9.37 Å². The van der Waals surface area contributed by atoms with E-state index in [1.54, 1.807) is 24.3 Å². The van der Waals surface area contributed by atoms with Gasteiger partial charge in [-0.15, -0.1) is 0 Å². The Kier molecular flexibility index (Phi) is 3.67. The molecule has 5 heteroatoms. The average molecular weight is 266 g/mol. The third-order valence-electron chi connectivity index (χ3n) is 2.53. The van der Waals surface area contributed by atoms with Gasteiger partial charge in [-0.2, -0.15) is 0 Å². The van der Waals surface area contributed by atoms with Crippen molar-refractivity contribution in [1.29, 1.82) is 0 Å². The van der Waals surface area contributed by atoms with Crippen LogP contribution in [0, 0.1) is 5.82 Å². The molecule has 0 aliphatic carbocycles. The van der Waals surface area contributed by atoms with E-state index in [1.165, 1.54) is 12.1 Å². The molecular formula is C13H13ClFN3. The number of anilines is 3. The molecule has 0 saturated carbocycles. The zero-order valence-corrected chi connectivity index (χ0v) is 10.7. The van der Waals surface area contributed by atoms with E-state index >= 15 is 0 Å². The molecule has 0 aliphatic heterocycles. The quantitative estimate of drug-likeness (QED) is 0.862. The predicted octanol–water partition coefficient (Wildman–Crippen LogP) is 3.61. The van der Waals surface area contributed by atoms with Gasteiger partial charge in [-0.3, -0.25) is 0 Å². The summed E-state index contributed by atoms with van der Waals surface area (Å²) in [5.41, 5.74) is 7.13. The number of benzene rings is 1. The lowest BCUT2D eigenvalue weighted by atomic mass is 10.2. The van der Waals surface area contributed by atoms with E-state index in [4.69, 9.17) is 17.3 Å². The molecule has 0 fully saturated rings. The predicted molar refractivity (Wildman–Crippen MR) is 72.7 cm³/mol. The molecule has 94 valence electrons. The number of rotatable bonds is 3. The summed E-state index contributed by atoms with van der Waals surface area (Å²) < 4.78 is 12.9. The van der Waals surface area contributed by atoms with Crippen LogP contribution >= 0.6 is 11.6 Å². The van der Waals surface area contributed by atoms with Crippen molar-refractivity contribution in [2.45, 2.75) is 6.92 Å². The van der Waals surface area contributed by atoms with Crippen molar-refractivity contribution in [3.8, 4) is 0 Å². The normalized spacial score (nSPS) is 10.4. The maximum absolute atomic E-state index is 12.9. The van der Waals surface area contributed by atoms with Crippen LogP contribution in [0.3, 0.4) is 0 Å². The fourth-order valence-electron chi connectivity index (χ4n) is 1.74. The van der Waals surface area contributed by atoms with E-state index in [9.17, 15) is 4.39 Å². The van der Waals surface area contributed by atoms with Crippen LogP contribution in [0.1, 0.15) is 6.92 Å². The van der Waals surface area contributed by atoms with Gasteiger partial charge >= 0.3 is 0 Å². The van der Waals surface area contributed by atoms with E-state index in [2.05, 4.69) is 4.98 Å². The van der Waals surface area contributed by atoms with Crippen molar-refractivity contribution in [3.05, 3.63) is 47.4 Å². The Morgan fingerprint density at radius 1 is 1.28 bits per heavy atom. The minimum absolute atomic E-state index is 0.270. The Balaban J connectivity index is 2.41. The van der Waals surface area contributed by atoms with Crippen LogP contribution in [0.5, 0.6) is 0 Å². The average Bonchev–Trinajstić information content (AvgIpc) is 2.31. The highest BCUT2D eigenvalue weighted by Crippen LogP contribution is 2.26. The largest absolute Gasteiger partial charge is 0.399 e. The van der Waals surface area contributed by atoms with Gasteiger partial charge in [0.1, 0.15) is 16.8 Å². The van der Waals surface area contributed by atoms with Crippen LogP contribution in [0.25, 0.3) is 0 Å². The maximum atomic E-state index is 12.9. The van der Waals surface area contributed by atoms with E-state index in [1.807, 2.05) is 11.8 Å². The first-order chi connectivity index (χ1) is 8.60. The SMILES string of the molecule is CCN(c1ccc(F)cc1)c1cc(N)cc(Cl)n1. The zero-order valence-electron chi connectivity index (χ0n) is 9.90. The van der Waals surface area contributed by atoms with Crippen LogP contribution in [-0.2, 0) is 0 Å². The van der Waals surface area contributed by atoms with Gasteiger partial charge in [0.2, 0.25) is 0 Å². The minimum Gasteiger partial charge on any atom is -0.399 e. The lowest BCUT2D eigenvalue weighted by Gasteiger charge is -2.22. The lowest BCUT2D eigenvalue weighted by Crippen LogP contribution is -2.17. The maximum Gasteiger partial charge on any atom is 0.136 e. The van der Waals surface area contributed by atoms with E-state index in [-0.39, 0.29) is 5.82 Å². The summed E-state index contributed by atoms with van der Waals surface area (Å²) in [6.07, 6.45) is 0. The molecule has 0 aliphatic rings. The number of hydrogen-bond donors (Lipinski definition) is 1. The van der Waals surface area contributed by atoms with E-state index in [0.29, 0.717) is 23.2 Å². The van der Waals surface area contributed by atoms with Crippen LogP contribution in [0.2, 0.25) is 5.15 Å². The minimum atomic E-state index is -0.270. The molecular weight excluding hydrogens is 253 g/mol. The van der Waals surface area contributed by atoms with Gasteiger partial charge in [0.25, 0.3) is 0 Å². The second kappa shape index (κ2) is 5.23. The molecule has 0 saturated heterocycles. The smallest absolute Gasteiger partial charge is 0.136 e. The first-order valence-corrected chi connectivity index (χ1v) is 5.94. The third-order valence-corrected chi connectivity index (χ3v) is 2.73. The molecule has 0 radical (unpaired) electrons. The van der Waals surface area contributed by atoms with Crippen LogP contribution in [0.15, 0.2) is 36.4 Å². The molecule has 1 heterocycles. The van der Waals surface area contributed by atoms with Gasteiger partial charge in [0.05, 0.1) is 0 Å². The van der Waals surface area contributed by atoms with Gasteiger partial charge < -0.3 is 10.6 Å². The van der Waals surface area contributed by atoms with Gasteiger partial charge in [-0.1, -0.05) is 11.6 Å². The van der Waals surface area contributed by atoms with Crippen molar-refractivity contribution in [3.63, 3.8) is 0 Å². The second-order valence-corrected chi connectivity index (χ2v) is 4.19. The summed E-state index contributed by atoms with van der Waals surface area (Å²) in [4.78, 5) is 6.13. The molecule has 2 rings (SSSR count). The number of nitrogens with two attached hydrogens (primary N) is 1. The molecule has 0 bridgehead atoms. The molecule has 1 aromatic heterocycles. The Labute approximate surface area is 110 Å². The molecule has 0 unspecified atom stereocenters. The van der Waals surface area contributed by atoms with Crippen molar-refractivity contribution in [2.24, 2.45) is 0 Å². The first-order valence-electron chi connectivity index (χ1n) is 5.56. The zero-order chi connectivity index (χ0) is 13.1. The van der Waals surface area contributed by atoms with Gasteiger partial charge in [0.15, 0.2) is 0 Å². The summed E-state index contributed by atoms with van der Waals surface area (Å²) in [6.45, 7) is 2.65.